The van der Waals surface area contributed by atoms with Crippen molar-refractivity contribution < 1.29 is 9.50 Å². The first-order valence-corrected chi connectivity index (χ1v) is 12.1. The summed E-state index contributed by atoms with van der Waals surface area (Å²) in [5.74, 6) is 0.104. The normalized spacial score (nSPS) is 14.0. The molecule has 0 aliphatic carbocycles. The fraction of sp³-hybridized carbons (Fsp3) is 0.296. The highest BCUT2D eigenvalue weighted by Gasteiger charge is 2.19. The minimum Gasteiger partial charge on any atom is -0.382 e. The molecule has 0 radical (unpaired) electrons. The van der Waals surface area contributed by atoms with Crippen molar-refractivity contribution in [1.82, 2.24) is 15.0 Å². The van der Waals surface area contributed by atoms with Crippen LogP contribution in [-0.4, -0.2) is 33.1 Å². The van der Waals surface area contributed by atoms with Gasteiger partial charge in [0, 0.05) is 60.4 Å². The van der Waals surface area contributed by atoms with E-state index in [1.807, 2.05) is 30.3 Å². The number of halogens is 2. The summed E-state index contributed by atoms with van der Waals surface area (Å²) in [5, 5.41) is 14.7. The maximum absolute atomic E-state index is 14.6. The Balaban J connectivity index is 1.45. The molecule has 1 saturated heterocycles. The van der Waals surface area contributed by atoms with Crippen LogP contribution in [0.25, 0.3) is 22.0 Å². The second-order valence-electron chi connectivity index (χ2n) is 9.39. The lowest BCUT2D eigenvalue weighted by Crippen LogP contribution is -2.19. The van der Waals surface area contributed by atoms with Crippen LogP contribution in [0.15, 0.2) is 55.0 Å². The first kappa shape index (κ1) is 23.5. The summed E-state index contributed by atoms with van der Waals surface area (Å²) in [5.41, 5.74) is 3.66. The van der Waals surface area contributed by atoms with Gasteiger partial charge in [0.25, 0.3) is 0 Å². The van der Waals surface area contributed by atoms with Crippen molar-refractivity contribution in [2.75, 3.05) is 23.3 Å². The molecule has 8 heteroatoms. The van der Waals surface area contributed by atoms with Crippen molar-refractivity contribution >= 4 is 33.9 Å². The molecular formula is C27H27ClFN5O. The number of aliphatic hydroxyl groups is 1. The standard InChI is InChI=1S/C27H27ClFN5O/c1-27(2,35)26-32-14-19(15-33-26)17-5-8-24-21(12-17)25(22(28)16-30-24)31-13-18-11-20(6-7-23(18)29)34-9-3-4-10-34/h5-8,11-12,14-16,35H,3-4,9-10,13H2,1-2H3,(H,30,31). The fourth-order valence-corrected chi connectivity index (χ4v) is 4.59. The van der Waals surface area contributed by atoms with Crippen LogP contribution in [0, 0.1) is 5.82 Å². The van der Waals surface area contributed by atoms with Crippen LogP contribution >= 0.6 is 11.6 Å². The van der Waals surface area contributed by atoms with Gasteiger partial charge in [0.15, 0.2) is 5.82 Å². The average Bonchev–Trinajstić information content (AvgIpc) is 3.39. The maximum atomic E-state index is 14.6. The van der Waals surface area contributed by atoms with E-state index in [1.165, 1.54) is 6.07 Å². The summed E-state index contributed by atoms with van der Waals surface area (Å²) in [6, 6.07) is 11.1. The minimum atomic E-state index is -1.11. The number of anilines is 2. The molecule has 5 rings (SSSR count). The number of pyridine rings is 1. The molecule has 0 spiro atoms. The second kappa shape index (κ2) is 9.40. The van der Waals surface area contributed by atoms with Crippen molar-refractivity contribution in [2.45, 2.75) is 38.8 Å². The third-order valence-corrected chi connectivity index (χ3v) is 6.60. The van der Waals surface area contributed by atoms with E-state index in [1.54, 1.807) is 32.4 Å². The molecule has 6 nitrogen and oxygen atoms in total. The van der Waals surface area contributed by atoms with Crippen LogP contribution in [-0.2, 0) is 12.1 Å². The number of nitrogens with zero attached hydrogens (tertiary/aromatic N) is 4. The van der Waals surface area contributed by atoms with Gasteiger partial charge in [-0.05, 0) is 62.6 Å². The number of hydrogen-bond donors (Lipinski definition) is 2. The molecule has 0 atom stereocenters. The van der Waals surface area contributed by atoms with E-state index in [0.717, 1.165) is 53.6 Å². The molecular weight excluding hydrogens is 465 g/mol. The van der Waals surface area contributed by atoms with Gasteiger partial charge in [-0.1, -0.05) is 17.7 Å². The first-order valence-electron chi connectivity index (χ1n) is 11.7. The lowest BCUT2D eigenvalue weighted by molar-refractivity contribution is 0.0687. The molecule has 2 aromatic carbocycles. The van der Waals surface area contributed by atoms with E-state index in [2.05, 4.69) is 25.2 Å². The zero-order valence-electron chi connectivity index (χ0n) is 19.7. The SMILES string of the molecule is CC(C)(O)c1ncc(-c2ccc3ncc(Cl)c(NCc4cc(N5CCCC5)ccc4F)c3c2)cn1. The lowest BCUT2D eigenvalue weighted by Gasteiger charge is -2.19. The molecule has 3 heterocycles. The maximum Gasteiger partial charge on any atom is 0.159 e. The van der Waals surface area contributed by atoms with Gasteiger partial charge in [-0.3, -0.25) is 4.98 Å². The fourth-order valence-electron chi connectivity index (χ4n) is 4.37. The van der Waals surface area contributed by atoms with Crippen LogP contribution in [0.2, 0.25) is 5.02 Å². The Morgan fingerprint density at radius 2 is 1.74 bits per heavy atom. The Bertz CT molecular complexity index is 1360. The molecule has 2 N–H and O–H groups in total. The molecule has 1 aliphatic heterocycles. The van der Waals surface area contributed by atoms with E-state index in [9.17, 15) is 9.50 Å². The topological polar surface area (TPSA) is 74.2 Å². The molecule has 35 heavy (non-hydrogen) atoms. The van der Waals surface area contributed by atoms with Crippen molar-refractivity contribution in [3.63, 3.8) is 0 Å². The molecule has 0 amide bonds. The molecule has 0 saturated carbocycles. The Morgan fingerprint density at radius 1 is 1.00 bits per heavy atom. The minimum absolute atomic E-state index is 0.250. The van der Waals surface area contributed by atoms with Gasteiger partial charge in [-0.25, -0.2) is 14.4 Å². The van der Waals surface area contributed by atoms with E-state index in [0.29, 0.717) is 28.6 Å². The van der Waals surface area contributed by atoms with Crippen molar-refractivity contribution in [2.24, 2.45) is 0 Å². The second-order valence-corrected chi connectivity index (χ2v) is 9.80. The highest BCUT2D eigenvalue weighted by molar-refractivity contribution is 6.34. The molecule has 1 fully saturated rings. The number of hydrogen-bond acceptors (Lipinski definition) is 6. The summed E-state index contributed by atoms with van der Waals surface area (Å²) in [6.07, 6.45) is 7.30. The van der Waals surface area contributed by atoms with Crippen molar-refractivity contribution in [3.05, 3.63) is 77.2 Å². The lowest BCUT2D eigenvalue weighted by atomic mass is 10.0. The monoisotopic (exact) mass is 491 g/mol. The third-order valence-electron chi connectivity index (χ3n) is 6.31. The Kier molecular flexibility index (Phi) is 6.30. The summed E-state index contributed by atoms with van der Waals surface area (Å²) in [4.78, 5) is 15.3. The van der Waals surface area contributed by atoms with Gasteiger partial charge < -0.3 is 15.3 Å². The van der Waals surface area contributed by atoms with Crippen LogP contribution in [0.5, 0.6) is 0 Å². The van der Waals surface area contributed by atoms with E-state index in [4.69, 9.17) is 11.6 Å². The van der Waals surface area contributed by atoms with Crippen LogP contribution in [0.4, 0.5) is 15.8 Å². The molecule has 0 unspecified atom stereocenters. The highest BCUT2D eigenvalue weighted by Crippen LogP contribution is 2.34. The van der Waals surface area contributed by atoms with E-state index in [-0.39, 0.29) is 5.82 Å². The Labute approximate surface area is 208 Å². The summed E-state index contributed by atoms with van der Waals surface area (Å²) in [6.45, 7) is 5.59. The summed E-state index contributed by atoms with van der Waals surface area (Å²) < 4.78 is 14.6. The van der Waals surface area contributed by atoms with Gasteiger partial charge in [0.05, 0.1) is 16.2 Å². The van der Waals surface area contributed by atoms with Crippen LogP contribution in [0.1, 0.15) is 38.1 Å². The number of rotatable bonds is 6. The Hall–Kier alpha value is -3.29. The van der Waals surface area contributed by atoms with Crippen LogP contribution in [0.3, 0.4) is 0 Å². The summed E-state index contributed by atoms with van der Waals surface area (Å²) in [7, 11) is 0. The third kappa shape index (κ3) is 4.92. The molecule has 0 bridgehead atoms. The zero-order chi connectivity index (χ0) is 24.6. The molecule has 1 aliphatic rings. The van der Waals surface area contributed by atoms with Gasteiger partial charge in [0.1, 0.15) is 11.4 Å². The highest BCUT2D eigenvalue weighted by atomic mass is 35.5. The predicted molar refractivity (Wildman–Crippen MR) is 138 cm³/mol. The Morgan fingerprint density at radius 3 is 2.46 bits per heavy atom. The largest absolute Gasteiger partial charge is 0.382 e. The van der Waals surface area contributed by atoms with Gasteiger partial charge in [-0.2, -0.15) is 0 Å². The molecule has 180 valence electrons. The van der Waals surface area contributed by atoms with Gasteiger partial charge >= 0.3 is 0 Å². The zero-order valence-corrected chi connectivity index (χ0v) is 20.5. The van der Waals surface area contributed by atoms with Crippen LogP contribution < -0.4 is 10.2 Å². The van der Waals surface area contributed by atoms with Gasteiger partial charge in [0.2, 0.25) is 0 Å². The number of fused-ring (bicyclic) bond motifs is 1. The average molecular weight is 492 g/mol. The van der Waals surface area contributed by atoms with Crippen molar-refractivity contribution in [1.29, 1.82) is 0 Å². The number of aromatic nitrogens is 3. The quantitative estimate of drug-likeness (QED) is 0.348. The smallest absolute Gasteiger partial charge is 0.159 e. The first-order chi connectivity index (χ1) is 16.8. The van der Waals surface area contributed by atoms with Gasteiger partial charge in [-0.15, -0.1) is 0 Å². The number of nitrogens with one attached hydrogen (secondary N) is 1. The predicted octanol–water partition coefficient (Wildman–Crippen LogP) is 5.92. The number of benzene rings is 2. The summed E-state index contributed by atoms with van der Waals surface area (Å²) >= 11 is 6.53. The van der Waals surface area contributed by atoms with E-state index < -0.39 is 5.60 Å². The molecule has 4 aromatic rings. The van der Waals surface area contributed by atoms with Crippen molar-refractivity contribution in [3.8, 4) is 11.1 Å². The molecule has 2 aromatic heterocycles. The van der Waals surface area contributed by atoms with E-state index >= 15 is 0 Å².